The Morgan fingerprint density at radius 2 is 2.11 bits per heavy atom. The van der Waals surface area contributed by atoms with Gasteiger partial charge in [-0.15, -0.1) is 0 Å². The van der Waals surface area contributed by atoms with Gasteiger partial charge in [0, 0.05) is 36.4 Å². The molecule has 1 unspecified atom stereocenters. The third-order valence-corrected chi connectivity index (χ3v) is 4.11. The lowest BCUT2D eigenvalue weighted by Gasteiger charge is -2.13. The highest BCUT2D eigenvalue weighted by atomic mass is 32.2. The van der Waals surface area contributed by atoms with Crippen LogP contribution in [0, 0.1) is 0 Å². The molecular formula is C15H21N3S. The van der Waals surface area contributed by atoms with Gasteiger partial charge in [0.15, 0.2) is 0 Å². The first-order chi connectivity index (χ1) is 9.29. The molecule has 19 heavy (non-hydrogen) atoms. The summed E-state index contributed by atoms with van der Waals surface area (Å²) in [5, 5.41) is 3.55. The second-order valence-electron chi connectivity index (χ2n) is 4.58. The number of nitrogens with zero attached hydrogens (tertiary/aromatic N) is 2. The molecule has 1 heterocycles. The number of benzene rings is 1. The van der Waals surface area contributed by atoms with Gasteiger partial charge in [-0.2, -0.15) is 11.8 Å². The molecule has 0 radical (unpaired) electrons. The van der Waals surface area contributed by atoms with Crippen LogP contribution in [0.3, 0.4) is 0 Å². The molecule has 4 heteroatoms. The van der Waals surface area contributed by atoms with E-state index in [-0.39, 0.29) is 0 Å². The predicted octanol–water partition coefficient (Wildman–Crippen LogP) is 3.10. The summed E-state index contributed by atoms with van der Waals surface area (Å²) in [6, 6.07) is 9.15. The third-order valence-electron chi connectivity index (χ3n) is 2.97. The summed E-state index contributed by atoms with van der Waals surface area (Å²) < 4.78 is 2.01. The number of imidazole rings is 1. The van der Waals surface area contributed by atoms with Crippen molar-refractivity contribution in [1.82, 2.24) is 14.9 Å². The van der Waals surface area contributed by atoms with Crippen molar-refractivity contribution >= 4 is 11.8 Å². The van der Waals surface area contributed by atoms with Crippen LogP contribution in [0.2, 0.25) is 0 Å². The van der Waals surface area contributed by atoms with E-state index in [9.17, 15) is 0 Å². The zero-order chi connectivity index (χ0) is 13.5. The average Bonchev–Trinajstić information content (AvgIpc) is 2.97. The Hall–Kier alpha value is -1.26. The van der Waals surface area contributed by atoms with E-state index in [4.69, 9.17) is 0 Å². The summed E-state index contributed by atoms with van der Waals surface area (Å²) in [6.45, 7) is 5.37. The zero-order valence-electron chi connectivity index (χ0n) is 11.5. The first-order valence-corrected chi connectivity index (χ1v) is 7.83. The van der Waals surface area contributed by atoms with Gasteiger partial charge in [-0.3, -0.25) is 0 Å². The van der Waals surface area contributed by atoms with Crippen LogP contribution in [0.25, 0.3) is 5.69 Å². The van der Waals surface area contributed by atoms with Gasteiger partial charge in [0.2, 0.25) is 0 Å². The fourth-order valence-corrected chi connectivity index (χ4v) is 2.55. The van der Waals surface area contributed by atoms with E-state index in [1.807, 2.05) is 28.9 Å². The minimum absolute atomic E-state index is 0.554. The highest BCUT2D eigenvalue weighted by Gasteiger charge is 2.01. The molecule has 2 rings (SSSR count). The molecule has 0 bridgehead atoms. The minimum Gasteiger partial charge on any atom is -0.309 e. The number of aromatic nitrogens is 2. The molecule has 1 aromatic carbocycles. The number of rotatable bonds is 7. The second kappa shape index (κ2) is 7.36. The molecule has 0 spiro atoms. The van der Waals surface area contributed by atoms with E-state index in [1.165, 1.54) is 17.1 Å². The molecule has 0 saturated heterocycles. The van der Waals surface area contributed by atoms with Crippen LogP contribution in [-0.4, -0.2) is 27.1 Å². The normalized spacial score (nSPS) is 12.5. The highest BCUT2D eigenvalue weighted by molar-refractivity contribution is 7.99. The summed E-state index contributed by atoms with van der Waals surface area (Å²) in [6.07, 6.45) is 5.57. The summed E-state index contributed by atoms with van der Waals surface area (Å²) in [7, 11) is 0. The largest absolute Gasteiger partial charge is 0.309 e. The number of hydrogen-bond donors (Lipinski definition) is 1. The lowest BCUT2D eigenvalue weighted by Crippen LogP contribution is -2.27. The maximum Gasteiger partial charge on any atom is 0.0991 e. The fourth-order valence-electron chi connectivity index (χ4n) is 1.84. The van der Waals surface area contributed by atoms with Gasteiger partial charge in [-0.05, 0) is 30.4 Å². The highest BCUT2D eigenvalue weighted by Crippen LogP contribution is 2.09. The maximum atomic E-state index is 4.06. The van der Waals surface area contributed by atoms with Gasteiger partial charge in [0.25, 0.3) is 0 Å². The van der Waals surface area contributed by atoms with E-state index in [1.54, 1.807) is 6.20 Å². The average molecular weight is 275 g/mol. The first-order valence-electron chi connectivity index (χ1n) is 6.68. The summed E-state index contributed by atoms with van der Waals surface area (Å²) in [5.74, 6) is 2.36. The minimum atomic E-state index is 0.554. The Balaban J connectivity index is 1.85. The molecule has 2 aromatic rings. The fraction of sp³-hybridized carbons (Fsp3) is 0.400. The molecule has 0 aliphatic heterocycles. The van der Waals surface area contributed by atoms with Crippen LogP contribution in [0.1, 0.15) is 19.4 Å². The van der Waals surface area contributed by atoms with Crippen molar-refractivity contribution in [1.29, 1.82) is 0 Å². The molecule has 0 fully saturated rings. The van der Waals surface area contributed by atoms with Crippen molar-refractivity contribution in [2.45, 2.75) is 26.4 Å². The lowest BCUT2D eigenvalue weighted by molar-refractivity contribution is 0.596. The van der Waals surface area contributed by atoms with Crippen molar-refractivity contribution < 1.29 is 0 Å². The third kappa shape index (κ3) is 4.40. The van der Waals surface area contributed by atoms with Crippen LogP contribution in [0.5, 0.6) is 0 Å². The number of nitrogens with one attached hydrogen (secondary N) is 1. The molecule has 3 nitrogen and oxygen atoms in total. The SMILES string of the molecule is CCSCC(C)NCc1ccc(-n2ccnc2)cc1. The predicted molar refractivity (Wildman–Crippen MR) is 82.9 cm³/mol. The molecule has 1 N–H and O–H groups in total. The Morgan fingerprint density at radius 1 is 1.32 bits per heavy atom. The lowest BCUT2D eigenvalue weighted by atomic mass is 10.2. The monoisotopic (exact) mass is 275 g/mol. The smallest absolute Gasteiger partial charge is 0.0991 e. The Kier molecular flexibility index (Phi) is 5.48. The molecule has 102 valence electrons. The van der Waals surface area contributed by atoms with Crippen molar-refractivity contribution in [3.8, 4) is 5.69 Å². The molecule has 0 aliphatic carbocycles. The van der Waals surface area contributed by atoms with Crippen LogP contribution < -0.4 is 5.32 Å². The van der Waals surface area contributed by atoms with Crippen LogP contribution >= 0.6 is 11.8 Å². The standard InChI is InChI=1S/C15H21N3S/c1-3-19-11-13(2)17-10-14-4-6-15(7-5-14)18-9-8-16-12-18/h4-9,12-13,17H,3,10-11H2,1-2H3. The number of hydrogen-bond acceptors (Lipinski definition) is 3. The Labute approximate surface area is 119 Å². The van der Waals surface area contributed by atoms with Gasteiger partial charge >= 0.3 is 0 Å². The van der Waals surface area contributed by atoms with E-state index in [0.717, 1.165) is 12.2 Å². The second-order valence-corrected chi connectivity index (χ2v) is 5.90. The first kappa shape index (κ1) is 14.2. The van der Waals surface area contributed by atoms with E-state index >= 15 is 0 Å². The maximum absolute atomic E-state index is 4.06. The Morgan fingerprint density at radius 3 is 2.74 bits per heavy atom. The number of thioether (sulfide) groups is 1. The zero-order valence-corrected chi connectivity index (χ0v) is 12.4. The summed E-state index contributed by atoms with van der Waals surface area (Å²) >= 11 is 1.98. The van der Waals surface area contributed by atoms with Crippen LogP contribution in [0.4, 0.5) is 0 Å². The van der Waals surface area contributed by atoms with Crippen molar-refractivity contribution in [3.63, 3.8) is 0 Å². The topological polar surface area (TPSA) is 29.9 Å². The summed E-state index contributed by atoms with van der Waals surface area (Å²) in [4.78, 5) is 4.06. The van der Waals surface area contributed by atoms with Gasteiger partial charge in [-0.25, -0.2) is 4.98 Å². The van der Waals surface area contributed by atoms with E-state index in [2.05, 4.69) is 48.4 Å². The Bertz CT molecular complexity index is 465. The molecule has 1 aromatic heterocycles. The van der Waals surface area contributed by atoms with E-state index < -0.39 is 0 Å². The molecule has 0 aliphatic rings. The van der Waals surface area contributed by atoms with Crippen LogP contribution in [-0.2, 0) is 6.54 Å². The van der Waals surface area contributed by atoms with Crippen molar-refractivity contribution in [2.24, 2.45) is 0 Å². The van der Waals surface area contributed by atoms with Gasteiger partial charge in [-0.1, -0.05) is 19.1 Å². The van der Waals surface area contributed by atoms with Gasteiger partial charge in [0.05, 0.1) is 6.33 Å². The summed E-state index contributed by atoms with van der Waals surface area (Å²) in [5.41, 5.74) is 2.47. The van der Waals surface area contributed by atoms with Gasteiger partial charge in [0.1, 0.15) is 0 Å². The van der Waals surface area contributed by atoms with Crippen molar-refractivity contribution in [2.75, 3.05) is 11.5 Å². The van der Waals surface area contributed by atoms with Crippen molar-refractivity contribution in [3.05, 3.63) is 48.5 Å². The molecule has 0 amide bonds. The molecule has 0 saturated carbocycles. The van der Waals surface area contributed by atoms with Crippen LogP contribution in [0.15, 0.2) is 43.0 Å². The van der Waals surface area contributed by atoms with Gasteiger partial charge < -0.3 is 9.88 Å². The molecular weight excluding hydrogens is 254 g/mol. The quantitative estimate of drug-likeness (QED) is 0.842. The van der Waals surface area contributed by atoms with E-state index in [0.29, 0.717) is 6.04 Å². The molecule has 1 atom stereocenters.